The summed E-state index contributed by atoms with van der Waals surface area (Å²) in [6, 6.07) is 0.210. The van der Waals surface area contributed by atoms with Gasteiger partial charge in [0.05, 0.1) is 18.2 Å². The highest BCUT2D eigenvalue weighted by molar-refractivity contribution is 5.79. The maximum Gasteiger partial charge on any atom is 0.224 e. The van der Waals surface area contributed by atoms with E-state index in [1.807, 2.05) is 18.5 Å². The summed E-state index contributed by atoms with van der Waals surface area (Å²) in [6.07, 6.45) is 3.53. The van der Waals surface area contributed by atoms with Crippen LogP contribution < -0.4 is 5.32 Å². The Balaban J connectivity index is 1.95. The molecule has 0 aliphatic heterocycles. The molecule has 0 spiro atoms. The van der Waals surface area contributed by atoms with E-state index in [0.717, 1.165) is 49.2 Å². The number of amides is 1. The summed E-state index contributed by atoms with van der Waals surface area (Å²) >= 11 is 0. The fourth-order valence-corrected chi connectivity index (χ4v) is 3.17. The third kappa shape index (κ3) is 4.32. The molecular weight excluding hydrogens is 278 g/mol. The van der Waals surface area contributed by atoms with Gasteiger partial charge in [0.25, 0.3) is 0 Å². The van der Waals surface area contributed by atoms with Crippen molar-refractivity contribution in [3.63, 3.8) is 0 Å². The topological polar surface area (TPSA) is 67.2 Å². The average Bonchev–Trinajstić information content (AvgIpc) is 2.68. The lowest BCUT2D eigenvalue weighted by molar-refractivity contribution is -0.121. The van der Waals surface area contributed by atoms with Gasteiger partial charge in [-0.05, 0) is 45.4 Å². The highest BCUT2D eigenvalue weighted by atomic mass is 16.3. The standard InChI is InChI=1S/C17H29N3O2/c1-11(2)10-20-13(4)16(12(3)19-20)9-17(22)18-14-5-7-15(21)8-6-14/h11,14-15,21H,5-10H2,1-4H3,(H,18,22). The molecule has 124 valence electrons. The molecule has 1 fully saturated rings. The van der Waals surface area contributed by atoms with E-state index in [-0.39, 0.29) is 18.1 Å². The van der Waals surface area contributed by atoms with Gasteiger partial charge in [-0.15, -0.1) is 0 Å². The van der Waals surface area contributed by atoms with Crippen LogP contribution in [-0.4, -0.2) is 32.9 Å². The van der Waals surface area contributed by atoms with Crippen LogP contribution in [0.25, 0.3) is 0 Å². The van der Waals surface area contributed by atoms with Crippen LogP contribution in [0.3, 0.4) is 0 Å². The number of carbonyl (C=O) groups is 1. The summed E-state index contributed by atoms with van der Waals surface area (Å²) < 4.78 is 2.01. The molecule has 0 atom stereocenters. The molecule has 0 aromatic carbocycles. The molecular formula is C17H29N3O2. The summed E-state index contributed by atoms with van der Waals surface area (Å²) in [6.45, 7) is 9.24. The van der Waals surface area contributed by atoms with Crippen LogP contribution in [0, 0.1) is 19.8 Å². The molecule has 0 bridgehead atoms. The predicted octanol–water partition coefficient (Wildman–Crippen LogP) is 2.12. The van der Waals surface area contributed by atoms with Crippen molar-refractivity contribution in [3.8, 4) is 0 Å². The number of hydrogen-bond acceptors (Lipinski definition) is 3. The Hall–Kier alpha value is -1.36. The molecule has 1 heterocycles. The van der Waals surface area contributed by atoms with Crippen LogP contribution in [0.1, 0.15) is 56.5 Å². The van der Waals surface area contributed by atoms with Crippen molar-refractivity contribution in [2.75, 3.05) is 0 Å². The van der Waals surface area contributed by atoms with Gasteiger partial charge in [-0.3, -0.25) is 9.48 Å². The van der Waals surface area contributed by atoms with Gasteiger partial charge in [-0.25, -0.2) is 0 Å². The number of aromatic nitrogens is 2. The normalized spacial score (nSPS) is 22.1. The zero-order chi connectivity index (χ0) is 16.3. The van der Waals surface area contributed by atoms with Crippen molar-refractivity contribution in [2.45, 2.75) is 78.5 Å². The minimum Gasteiger partial charge on any atom is -0.393 e. The minimum absolute atomic E-state index is 0.0664. The molecule has 0 unspecified atom stereocenters. The molecule has 1 aliphatic carbocycles. The molecule has 0 saturated heterocycles. The van der Waals surface area contributed by atoms with Crippen molar-refractivity contribution in [1.82, 2.24) is 15.1 Å². The molecule has 5 heteroatoms. The van der Waals surface area contributed by atoms with E-state index in [2.05, 4.69) is 24.3 Å². The third-order valence-electron chi connectivity index (χ3n) is 4.47. The molecule has 1 aromatic heterocycles. The van der Waals surface area contributed by atoms with Crippen molar-refractivity contribution in [2.24, 2.45) is 5.92 Å². The van der Waals surface area contributed by atoms with Crippen LogP contribution in [0.15, 0.2) is 0 Å². The van der Waals surface area contributed by atoms with Gasteiger partial charge < -0.3 is 10.4 Å². The van der Waals surface area contributed by atoms with E-state index in [9.17, 15) is 9.90 Å². The average molecular weight is 307 g/mol. The first kappa shape index (κ1) is 17.0. The highest BCUT2D eigenvalue weighted by Gasteiger charge is 2.22. The van der Waals surface area contributed by atoms with Crippen molar-refractivity contribution in [3.05, 3.63) is 17.0 Å². The van der Waals surface area contributed by atoms with Crippen LogP contribution in [0.4, 0.5) is 0 Å². The number of nitrogens with zero attached hydrogens (tertiary/aromatic N) is 2. The monoisotopic (exact) mass is 307 g/mol. The Morgan fingerprint density at radius 1 is 1.32 bits per heavy atom. The summed E-state index contributed by atoms with van der Waals surface area (Å²) in [5.41, 5.74) is 3.10. The lowest BCUT2D eigenvalue weighted by Gasteiger charge is -2.26. The fraction of sp³-hybridized carbons (Fsp3) is 0.765. The number of carbonyl (C=O) groups excluding carboxylic acids is 1. The minimum atomic E-state index is -0.188. The molecule has 2 N–H and O–H groups in total. The molecule has 5 nitrogen and oxygen atoms in total. The summed E-state index contributed by atoms with van der Waals surface area (Å²) in [4.78, 5) is 12.3. The second-order valence-corrected chi connectivity index (χ2v) is 6.98. The van der Waals surface area contributed by atoms with Crippen molar-refractivity contribution < 1.29 is 9.90 Å². The lowest BCUT2D eigenvalue weighted by Crippen LogP contribution is -2.39. The van der Waals surface area contributed by atoms with E-state index in [0.29, 0.717) is 12.3 Å². The zero-order valence-corrected chi connectivity index (χ0v) is 14.2. The Labute approximate surface area is 133 Å². The summed E-state index contributed by atoms with van der Waals surface area (Å²) in [5.74, 6) is 0.602. The lowest BCUT2D eigenvalue weighted by atomic mass is 9.93. The smallest absolute Gasteiger partial charge is 0.224 e. The summed E-state index contributed by atoms with van der Waals surface area (Å²) in [7, 11) is 0. The van der Waals surface area contributed by atoms with E-state index >= 15 is 0 Å². The SMILES string of the molecule is Cc1nn(CC(C)C)c(C)c1CC(=O)NC1CCC(O)CC1. The number of aliphatic hydroxyl groups excluding tert-OH is 1. The Kier molecular flexibility index (Phi) is 5.62. The van der Waals surface area contributed by atoms with Gasteiger partial charge in [0.15, 0.2) is 0 Å². The van der Waals surface area contributed by atoms with Gasteiger partial charge in [-0.2, -0.15) is 5.10 Å². The first-order valence-corrected chi connectivity index (χ1v) is 8.37. The zero-order valence-electron chi connectivity index (χ0n) is 14.2. The Morgan fingerprint density at radius 3 is 2.55 bits per heavy atom. The van der Waals surface area contributed by atoms with Crippen LogP contribution in [-0.2, 0) is 17.8 Å². The molecule has 1 saturated carbocycles. The van der Waals surface area contributed by atoms with E-state index in [1.165, 1.54) is 0 Å². The molecule has 0 radical (unpaired) electrons. The van der Waals surface area contributed by atoms with E-state index in [1.54, 1.807) is 0 Å². The van der Waals surface area contributed by atoms with Crippen molar-refractivity contribution >= 4 is 5.91 Å². The quantitative estimate of drug-likeness (QED) is 0.875. The maximum absolute atomic E-state index is 12.3. The third-order valence-corrected chi connectivity index (χ3v) is 4.47. The largest absolute Gasteiger partial charge is 0.393 e. The first-order chi connectivity index (χ1) is 10.4. The van der Waals surface area contributed by atoms with Gasteiger partial charge >= 0.3 is 0 Å². The first-order valence-electron chi connectivity index (χ1n) is 8.37. The fourth-order valence-electron chi connectivity index (χ4n) is 3.17. The Morgan fingerprint density at radius 2 is 1.95 bits per heavy atom. The molecule has 1 aromatic rings. The molecule has 2 rings (SSSR count). The number of aryl methyl sites for hydroxylation is 1. The molecule has 1 aliphatic rings. The number of hydrogen-bond donors (Lipinski definition) is 2. The Bertz CT molecular complexity index is 514. The molecule has 22 heavy (non-hydrogen) atoms. The predicted molar refractivity (Wildman–Crippen MR) is 86.6 cm³/mol. The molecule has 1 amide bonds. The van der Waals surface area contributed by atoms with E-state index in [4.69, 9.17) is 0 Å². The number of nitrogens with one attached hydrogen (secondary N) is 1. The second kappa shape index (κ2) is 7.27. The van der Waals surface area contributed by atoms with Crippen LogP contribution >= 0.6 is 0 Å². The van der Waals surface area contributed by atoms with Crippen molar-refractivity contribution in [1.29, 1.82) is 0 Å². The van der Waals surface area contributed by atoms with Gasteiger partial charge in [0, 0.05) is 23.8 Å². The van der Waals surface area contributed by atoms with Gasteiger partial charge in [0.1, 0.15) is 0 Å². The number of aliphatic hydroxyl groups is 1. The van der Waals surface area contributed by atoms with Gasteiger partial charge in [-0.1, -0.05) is 13.8 Å². The highest BCUT2D eigenvalue weighted by Crippen LogP contribution is 2.19. The number of rotatable bonds is 5. The van der Waals surface area contributed by atoms with Gasteiger partial charge in [0.2, 0.25) is 5.91 Å². The van der Waals surface area contributed by atoms with E-state index < -0.39 is 0 Å². The maximum atomic E-state index is 12.3. The summed E-state index contributed by atoms with van der Waals surface area (Å²) in [5, 5.41) is 17.2. The van der Waals surface area contributed by atoms with Crippen LogP contribution in [0.2, 0.25) is 0 Å². The second-order valence-electron chi connectivity index (χ2n) is 6.98. The van der Waals surface area contributed by atoms with Crippen LogP contribution in [0.5, 0.6) is 0 Å².